The van der Waals surface area contributed by atoms with Crippen LogP contribution in [0.1, 0.15) is 37.7 Å². The number of anilines is 6. The zero-order valence-electron chi connectivity index (χ0n) is 26.4. The molecule has 0 unspecified atom stereocenters. The Morgan fingerprint density at radius 1 is 0.978 bits per heavy atom. The highest BCUT2D eigenvalue weighted by Crippen LogP contribution is 2.29. The molecule has 240 valence electrons. The van der Waals surface area contributed by atoms with Crippen LogP contribution >= 0.6 is 0 Å². The van der Waals surface area contributed by atoms with E-state index < -0.39 is 0 Å². The highest BCUT2D eigenvalue weighted by atomic mass is 16.5. The number of hydrogen-bond donors (Lipinski definition) is 6. The summed E-state index contributed by atoms with van der Waals surface area (Å²) in [5, 5.41) is 28.8. The summed E-state index contributed by atoms with van der Waals surface area (Å²) in [6.45, 7) is 12.7. The summed E-state index contributed by atoms with van der Waals surface area (Å²) in [6.07, 6.45) is 1.39. The monoisotopic (exact) mass is 616 g/mol. The Morgan fingerprint density at radius 2 is 1.58 bits per heavy atom. The van der Waals surface area contributed by atoms with Gasteiger partial charge in [0.2, 0.25) is 0 Å². The van der Waals surface area contributed by atoms with Crippen molar-refractivity contribution in [2.45, 2.75) is 26.2 Å². The van der Waals surface area contributed by atoms with Gasteiger partial charge < -0.3 is 41.4 Å². The number of carbonyl (C=O) groups is 1. The molecule has 13 nitrogen and oxygen atoms in total. The zero-order chi connectivity index (χ0) is 33.0. The lowest BCUT2D eigenvalue weighted by molar-refractivity contribution is -0.0980. The molecule has 8 N–H and O–H groups in total. The van der Waals surface area contributed by atoms with Crippen LogP contribution in [0.15, 0.2) is 65.4 Å². The standard InChI is InChI=1S/C30H37N9O2.CH5N.CH2O/c1-30(2,3)24-18-25(37-41-24)35-21-6-8-22(9-7-21)36-29-26(28(32)33-19-34-29)27(31)20-4-10-23(11-5-20)39-14-12-38(13-15-39)16-17-40;2*1-2/h4-11,18-19,31,40H,12-17H2,1-3H3,(H,35,37)(H3,32,33,34,36);2H2,1H3;1H2. The molecule has 1 aliphatic heterocycles. The van der Waals surface area contributed by atoms with Crippen LogP contribution in [-0.2, 0) is 10.2 Å². The van der Waals surface area contributed by atoms with Gasteiger partial charge >= 0.3 is 0 Å². The van der Waals surface area contributed by atoms with Crippen molar-refractivity contribution in [2.75, 3.05) is 67.6 Å². The van der Waals surface area contributed by atoms with E-state index in [1.807, 2.05) is 61.4 Å². The Labute approximate surface area is 264 Å². The van der Waals surface area contributed by atoms with Crippen LogP contribution in [0.25, 0.3) is 0 Å². The van der Waals surface area contributed by atoms with Crippen LogP contribution in [0.2, 0.25) is 0 Å². The number of aromatic nitrogens is 3. The number of nitrogen functional groups attached to an aromatic ring is 1. The fraction of sp³-hybridized carbons (Fsp3) is 0.344. The van der Waals surface area contributed by atoms with E-state index in [2.05, 4.69) is 62.1 Å². The number of benzene rings is 2. The maximum atomic E-state index is 9.18. The predicted octanol–water partition coefficient (Wildman–Crippen LogP) is 3.75. The van der Waals surface area contributed by atoms with E-state index in [1.165, 1.54) is 13.4 Å². The number of aliphatic hydroxyl groups excluding tert-OH is 1. The van der Waals surface area contributed by atoms with E-state index in [9.17, 15) is 5.11 Å². The molecular weight excluding hydrogens is 572 g/mol. The molecule has 0 amide bonds. The number of hydrogen-bond acceptors (Lipinski definition) is 13. The lowest BCUT2D eigenvalue weighted by atomic mass is 9.93. The molecule has 0 spiro atoms. The molecule has 2 aromatic carbocycles. The van der Waals surface area contributed by atoms with E-state index in [1.54, 1.807) is 0 Å². The molecule has 0 saturated carbocycles. The summed E-state index contributed by atoms with van der Waals surface area (Å²) in [7, 11) is 1.50. The molecule has 0 bridgehead atoms. The normalized spacial score (nSPS) is 13.2. The summed E-state index contributed by atoms with van der Waals surface area (Å²) in [4.78, 5) is 21.1. The topological polar surface area (TPSA) is 196 Å². The molecular formula is C32H44N10O3. The molecule has 5 rings (SSSR count). The van der Waals surface area contributed by atoms with Gasteiger partial charge in [0.05, 0.1) is 17.9 Å². The molecule has 3 heterocycles. The number of aliphatic hydroxyl groups is 1. The van der Waals surface area contributed by atoms with Crippen molar-refractivity contribution < 1.29 is 14.4 Å². The number of nitrogens with one attached hydrogen (secondary N) is 3. The van der Waals surface area contributed by atoms with Crippen molar-refractivity contribution in [3.05, 3.63) is 77.8 Å². The van der Waals surface area contributed by atoms with Crippen LogP contribution in [0, 0.1) is 5.41 Å². The van der Waals surface area contributed by atoms with Crippen LogP contribution in [0.3, 0.4) is 0 Å². The van der Waals surface area contributed by atoms with E-state index in [0.29, 0.717) is 23.7 Å². The minimum absolute atomic E-state index is 0.121. The molecule has 13 heteroatoms. The molecule has 1 aliphatic rings. The van der Waals surface area contributed by atoms with Crippen LogP contribution < -0.4 is 27.0 Å². The summed E-state index contributed by atoms with van der Waals surface area (Å²) in [6, 6.07) is 17.5. The Bertz CT molecular complexity index is 1490. The summed E-state index contributed by atoms with van der Waals surface area (Å²) >= 11 is 0. The Hall–Kier alpha value is -4.85. The van der Waals surface area contributed by atoms with Gasteiger partial charge in [0, 0.05) is 66.8 Å². The van der Waals surface area contributed by atoms with Crippen molar-refractivity contribution in [1.82, 2.24) is 20.0 Å². The fourth-order valence-electron chi connectivity index (χ4n) is 4.70. The van der Waals surface area contributed by atoms with Gasteiger partial charge in [0.1, 0.15) is 30.5 Å². The first-order valence-electron chi connectivity index (χ1n) is 14.6. The molecule has 2 aromatic heterocycles. The van der Waals surface area contributed by atoms with Gasteiger partial charge in [-0.3, -0.25) is 10.3 Å². The van der Waals surface area contributed by atoms with Crippen LogP contribution in [0.5, 0.6) is 0 Å². The molecule has 1 saturated heterocycles. The Balaban J connectivity index is 0.00000133. The smallest absolute Gasteiger partial charge is 0.174 e. The molecule has 45 heavy (non-hydrogen) atoms. The second kappa shape index (κ2) is 16.3. The number of β-amino-alcohol motifs (C(OH)–C–C–N with tert-alkyl or cyclic N) is 1. The van der Waals surface area contributed by atoms with E-state index in [-0.39, 0.29) is 23.6 Å². The van der Waals surface area contributed by atoms with Gasteiger partial charge in [-0.05, 0) is 43.4 Å². The first kappa shape index (κ1) is 34.6. The van der Waals surface area contributed by atoms with Gasteiger partial charge in [0.25, 0.3) is 0 Å². The molecule has 0 radical (unpaired) electrons. The highest BCUT2D eigenvalue weighted by Gasteiger charge is 2.21. The third-order valence-corrected chi connectivity index (χ3v) is 7.11. The number of nitrogens with two attached hydrogens (primary N) is 2. The lowest BCUT2D eigenvalue weighted by Gasteiger charge is -2.35. The molecule has 0 aliphatic carbocycles. The molecule has 0 atom stereocenters. The average molecular weight is 617 g/mol. The van der Waals surface area contributed by atoms with E-state index >= 15 is 0 Å². The van der Waals surface area contributed by atoms with E-state index in [0.717, 1.165) is 54.6 Å². The second-order valence-corrected chi connectivity index (χ2v) is 11.1. The van der Waals surface area contributed by atoms with Crippen molar-refractivity contribution in [3.63, 3.8) is 0 Å². The zero-order valence-corrected chi connectivity index (χ0v) is 26.4. The first-order valence-corrected chi connectivity index (χ1v) is 14.6. The summed E-state index contributed by atoms with van der Waals surface area (Å²) in [5.74, 6) is 2.14. The highest BCUT2D eigenvalue weighted by molar-refractivity contribution is 6.16. The number of carbonyl (C=O) groups excluding carboxylic acids is 1. The number of rotatable bonds is 9. The van der Waals surface area contributed by atoms with Crippen LogP contribution in [-0.4, -0.2) is 84.0 Å². The van der Waals surface area contributed by atoms with Crippen molar-refractivity contribution in [1.29, 1.82) is 5.41 Å². The third-order valence-electron chi connectivity index (χ3n) is 7.11. The largest absolute Gasteiger partial charge is 0.395 e. The van der Waals surface area contributed by atoms with Gasteiger partial charge in [-0.15, -0.1) is 0 Å². The minimum Gasteiger partial charge on any atom is -0.395 e. The minimum atomic E-state index is -0.121. The lowest BCUT2D eigenvalue weighted by Crippen LogP contribution is -2.47. The quantitative estimate of drug-likeness (QED) is 0.149. The number of nitrogens with zero attached hydrogens (tertiary/aromatic N) is 5. The number of piperazine rings is 1. The van der Waals surface area contributed by atoms with Crippen molar-refractivity contribution >= 4 is 47.0 Å². The van der Waals surface area contributed by atoms with Crippen molar-refractivity contribution in [2.24, 2.45) is 5.73 Å². The maximum absolute atomic E-state index is 9.18. The summed E-state index contributed by atoms with van der Waals surface area (Å²) < 4.78 is 5.45. The van der Waals surface area contributed by atoms with Crippen LogP contribution in [0.4, 0.5) is 34.5 Å². The predicted molar refractivity (Wildman–Crippen MR) is 180 cm³/mol. The third kappa shape index (κ3) is 9.08. The SMILES string of the molecule is C=O.CC(C)(C)c1cc(Nc2ccc(Nc3ncnc(N)c3C(=N)c3ccc(N4CCN(CCO)CC4)cc3)cc2)no1.CN. The molecule has 4 aromatic rings. The Kier molecular flexibility index (Phi) is 12.5. The van der Waals surface area contributed by atoms with E-state index in [4.69, 9.17) is 20.5 Å². The van der Waals surface area contributed by atoms with Gasteiger partial charge in [-0.25, -0.2) is 9.97 Å². The van der Waals surface area contributed by atoms with Gasteiger partial charge in [-0.1, -0.05) is 38.1 Å². The maximum Gasteiger partial charge on any atom is 0.174 e. The second-order valence-electron chi connectivity index (χ2n) is 11.1. The molecule has 1 fully saturated rings. The first-order chi connectivity index (χ1) is 21.7. The van der Waals surface area contributed by atoms with Gasteiger partial charge in [-0.2, -0.15) is 0 Å². The summed E-state index contributed by atoms with van der Waals surface area (Å²) in [5.41, 5.74) is 14.8. The Morgan fingerprint density at radius 3 is 2.13 bits per heavy atom. The fourth-order valence-corrected chi connectivity index (χ4v) is 4.70. The average Bonchev–Trinajstić information content (AvgIpc) is 3.54. The van der Waals surface area contributed by atoms with Gasteiger partial charge in [0.15, 0.2) is 5.82 Å². The van der Waals surface area contributed by atoms with Crippen molar-refractivity contribution in [3.8, 4) is 0 Å².